The average molecular weight is 626 g/mol. The predicted octanol–water partition coefficient (Wildman–Crippen LogP) is 12.4. The Balaban J connectivity index is -0.000000103. The maximum Gasteiger partial charge on any atom is 0.197 e. The van der Waals surface area contributed by atoms with Gasteiger partial charge in [-0.2, -0.15) is 0 Å². The van der Waals surface area contributed by atoms with E-state index in [9.17, 15) is 4.57 Å². The molecule has 0 aliphatic rings. The average Bonchev–Trinajstić information content (AvgIpc) is 2.81. The summed E-state index contributed by atoms with van der Waals surface area (Å²) in [5.74, 6) is 0. The fraction of sp³-hybridized carbons (Fsp3) is 1.00. The summed E-state index contributed by atoms with van der Waals surface area (Å²) in [6, 6.07) is 0. The van der Waals surface area contributed by atoms with Crippen LogP contribution >= 0.6 is 7.37 Å². The van der Waals surface area contributed by atoms with Crippen molar-refractivity contribution in [2.45, 2.75) is 156 Å². The standard InChI is InChI=1S/C10H24N.C9H21N.C9H21O2P.C7H16.2CH4/c1-7-10(2,3)8-9-11(4,5)6;1-6-9(2,3)7-8-10(4)5;1-6-9(2,3)7-8-11-12(4,5)10;1-5-7(3,4)6-2;;/h7-9H2,1-6H3;6-8H2,1-5H3;6-8H2,1-5H3;5-6H2,1-4H3;2*1H4/q+1;;;;;. The number of nitrogens with zero attached hydrogens (tertiary/aromatic N) is 2. The van der Waals surface area contributed by atoms with Crippen LogP contribution < -0.4 is 0 Å². The van der Waals surface area contributed by atoms with Gasteiger partial charge in [0.15, 0.2) is 7.37 Å². The number of hydrogen-bond acceptors (Lipinski definition) is 3. The van der Waals surface area contributed by atoms with Crippen molar-refractivity contribution in [2.75, 3.05) is 68.3 Å². The molecule has 0 aromatic rings. The van der Waals surface area contributed by atoms with E-state index in [-0.39, 0.29) is 14.9 Å². The molecule has 0 heterocycles. The molecule has 0 spiro atoms. The van der Waals surface area contributed by atoms with Crippen molar-refractivity contribution in [1.29, 1.82) is 0 Å². The lowest BCUT2D eigenvalue weighted by Gasteiger charge is -2.29. The van der Waals surface area contributed by atoms with Crippen LogP contribution in [0.5, 0.6) is 0 Å². The summed E-state index contributed by atoms with van der Waals surface area (Å²) in [6.45, 7) is 36.0. The van der Waals surface area contributed by atoms with Crippen LogP contribution in [0.2, 0.25) is 0 Å². The van der Waals surface area contributed by atoms with Crippen molar-refractivity contribution in [3.63, 3.8) is 0 Å². The lowest BCUT2D eigenvalue weighted by Crippen LogP contribution is -2.37. The molecule has 0 radical (unpaired) electrons. The van der Waals surface area contributed by atoms with E-state index < -0.39 is 7.37 Å². The Kier molecular flexibility index (Phi) is 32.9. The summed E-state index contributed by atoms with van der Waals surface area (Å²) >= 11 is 0. The fourth-order valence-corrected chi connectivity index (χ4v) is 3.02. The quantitative estimate of drug-likeness (QED) is 0.134. The Morgan fingerprint density at radius 3 is 1.14 bits per heavy atom. The van der Waals surface area contributed by atoms with Crippen LogP contribution in [0.4, 0.5) is 0 Å². The summed E-state index contributed by atoms with van der Waals surface area (Å²) in [4.78, 5) is 2.25. The summed E-state index contributed by atoms with van der Waals surface area (Å²) in [5, 5.41) is 0. The van der Waals surface area contributed by atoms with E-state index in [0.717, 1.165) is 17.3 Å². The van der Waals surface area contributed by atoms with Gasteiger partial charge < -0.3 is 13.9 Å². The summed E-state index contributed by atoms with van der Waals surface area (Å²) in [5.41, 5.74) is 1.96. The van der Waals surface area contributed by atoms with Gasteiger partial charge >= 0.3 is 0 Å². The highest BCUT2D eigenvalue weighted by atomic mass is 31.2. The van der Waals surface area contributed by atoms with Crippen molar-refractivity contribution < 1.29 is 13.6 Å². The third kappa shape index (κ3) is 47.1. The second-order valence-electron chi connectivity index (χ2n) is 16.6. The molecular formula is C37H90N2O2P+. The molecule has 0 N–H and O–H groups in total. The van der Waals surface area contributed by atoms with Crippen LogP contribution in [-0.2, 0) is 9.09 Å². The van der Waals surface area contributed by atoms with Crippen LogP contribution in [0.15, 0.2) is 0 Å². The van der Waals surface area contributed by atoms with Gasteiger partial charge in [-0.25, -0.2) is 0 Å². The van der Waals surface area contributed by atoms with Gasteiger partial charge in [0, 0.05) is 19.8 Å². The second kappa shape index (κ2) is 25.3. The molecule has 4 nitrogen and oxygen atoms in total. The lowest BCUT2D eigenvalue weighted by atomic mass is 9.86. The first kappa shape index (κ1) is 54.6. The van der Waals surface area contributed by atoms with Crippen molar-refractivity contribution in [3.8, 4) is 0 Å². The van der Waals surface area contributed by atoms with E-state index in [2.05, 4.69) is 130 Å². The van der Waals surface area contributed by atoms with E-state index in [4.69, 9.17) is 4.52 Å². The van der Waals surface area contributed by atoms with E-state index in [1.807, 2.05) is 0 Å². The topological polar surface area (TPSA) is 29.5 Å². The maximum absolute atomic E-state index is 11.2. The Morgan fingerprint density at radius 1 is 0.595 bits per heavy atom. The van der Waals surface area contributed by atoms with Gasteiger partial charge in [-0.05, 0) is 55.1 Å². The largest absolute Gasteiger partial charge is 0.331 e. The zero-order valence-electron chi connectivity index (χ0n) is 31.9. The van der Waals surface area contributed by atoms with Crippen molar-refractivity contribution in [2.24, 2.45) is 21.7 Å². The van der Waals surface area contributed by atoms with Crippen LogP contribution in [-0.4, -0.2) is 77.6 Å². The molecule has 0 unspecified atom stereocenters. The molecule has 0 saturated heterocycles. The Labute approximate surface area is 271 Å². The molecule has 0 aliphatic heterocycles. The first-order valence-electron chi connectivity index (χ1n) is 16.3. The highest BCUT2D eigenvalue weighted by Crippen LogP contribution is 2.38. The molecule has 0 saturated carbocycles. The smallest absolute Gasteiger partial charge is 0.197 e. The SMILES string of the molecule is C.C.CCC(C)(C)CC.CCC(C)(C)CCN(C)C.CCC(C)(C)CCOP(C)(C)=O.CCC(C)(C)CC[N+](C)(C)C. The minimum absolute atomic E-state index is 0. The molecule has 0 bridgehead atoms. The zero-order valence-corrected chi connectivity index (χ0v) is 32.8. The zero-order chi connectivity index (χ0) is 33.1. The molecule has 5 heteroatoms. The number of rotatable bonds is 15. The molecule has 0 amide bonds. The summed E-state index contributed by atoms with van der Waals surface area (Å²) < 4.78 is 17.5. The molecule has 0 aromatic heterocycles. The van der Waals surface area contributed by atoms with E-state index >= 15 is 0 Å². The lowest BCUT2D eigenvalue weighted by molar-refractivity contribution is -0.871. The molecule has 0 fully saturated rings. The van der Waals surface area contributed by atoms with E-state index in [0.29, 0.717) is 28.3 Å². The molecular weight excluding hydrogens is 535 g/mol. The third-order valence-electron chi connectivity index (χ3n) is 8.66. The van der Waals surface area contributed by atoms with Crippen molar-refractivity contribution in [1.82, 2.24) is 4.90 Å². The maximum atomic E-state index is 11.2. The number of hydrogen-bond donors (Lipinski definition) is 0. The van der Waals surface area contributed by atoms with Gasteiger partial charge in [0.25, 0.3) is 0 Å². The summed E-state index contributed by atoms with van der Waals surface area (Å²) in [7, 11) is 8.77. The third-order valence-corrected chi connectivity index (χ3v) is 9.47. The Morgan fingerprint density at radius 2 is 0.905 bits per heavy atom. The van der Waals surface area contributed by atoms with Crippen LogP contribution in [0.25, 0.3) is 0 Å². The predicted molar refractivity (Wildman–Crippen MR) is 201 cm³/mol. The summed E-state index contributed by atoms with van der Waals surface area (Å²) in [6.07, 6.45) is 9.90. The molecule has 264 valence electrons. The Hall–Kier alpha value is 0.110. The molecule has 0 aliphatic carbocycles. The monoisotopic (exact) mass is 626 g/mol. The normalized spacial score (nSPS) is 12.4. The minimum Gasteiger partial charge on any atom is -0.331 e. The van der Waals surface area contributed by atoms with Crippen LogP contribution in [0, 0.1) is 21.7 Å². The van der Waals surface area contributed by atoms with Gasteiger partial charge in [0.1, 0.15) is 0 Å². The van der Waals surface area contributed by atoms with Gasteiger partial charge in [-0.3, -0.25) is 4.57 Å². The van der Waals surface area contributed by atoms with Crippen molar-refractivity contribution in [3.05, 3.63) is 0 Å². The first-order valence-corrected chi connectivity index (χ1v) is 18.8. The fourth-order valence-electron chi connectivity index (χ4n) is 2.49. The van der Waals surface area contributed by atoms with Gasteiger partial charge in [0.2, 0.25) is 0 Å². The van der Waals surface area contributed by atoms with Gasteiger partial charge in [-0.15, -0.1) is 0 Å². The van der Waals surface area contributed by atoms with E-state index in [1.54, 1.807) is 13.3 Å². The first-order chi connectivity index (χ1) is 17.6. The molecule has 42 heavy (non-hydrogen) atoms. The molecule has 0 atom stereocenters. The van der Waals surface area contributed by atoms with Gasteiger partial charge in [-0.1, -0.05) is 137 Å². The molecule has 0 rings (SSSR count). The minimum atomic E-state index is -2.26. The highest BCUT2D eigenvalue weighted by Gasteiger charge is 2.19. The van der Waals surface area contributed by atoms with E-state index in [1.165, 1.54) is 51.6 Å². The Bertz CT molecular complexity index is 620. The van der Waals surface area contributed by atoms with Gasteiger partial charge in [0.05, 0.1) is 34.3 Å². The highest BCUT2D eigenvalue weighted by molar-refractivity contribution is 7.57. The van der Waals surface area contributed by atoms with Crippen LogP contribution in [0.3, 0.4) is 0 Å². The molecule has 0 aromatic carbocycles. The number of quaternary nitrogens is 1. The van der Waals surface area contributed by atoms with Crippen molar-refractivity contribution >= 4 is 7.37 Å². The van der Waals surface area contributed by atoms with Crippen LogP contribution in [0.1, 0.15) is 156 Å². The second-order valence-corrected chi connectivity index (χ2v) is 19.3.